The summed E-state index contributed by atoms with van der Waals surface area (Å²) in [7, 11) is -1.62. The standard InChI is InChI=1S/C37H42FN3O6S/c1-6-27(3)39-37(43)33(22-28-10-8-7-9-11-28)40(24-29-14-12-26(2)13-15-29)36(42)25-41(31-18-16-30(38)17-19-31)48(44,45)32-20-21-34(46-4)35(23-32)47-5/h7-21,23,27,33H,6,22,24-25H2,1-5H3,(H,39,43)/t27-,33-/m1/s1. The largest absolute Gasteiger partial charge is 0.493 e. The molecule has 0 spiro atoms. The van der Waals surface area contributed by atoms with Crippen molar-refractivity contribution >= 4 is 27.5 Å². The number of rotatable bonds is 15. The molecule has 0 saturated carbocycles. The van der Waals surface area contributed by atoms with E-state index in [9.17, 15) is 22.4 Å². The van der Waals surface area contributed by atoms with Crippen LogP contribution in [-0.2, 0) is 32.6 Å². The molecule has 0 unspecified atom stereocenters. The Morgan fingerprint density at radius 1 is 0.854 bits per heavy atom. The Morgan fingerprint density at radius 2 is 1.50 bits per heavy atom. The number of aryl methyl sites for hydroxylation is 1. The van der Waals surface area contributed by atoms with Crippen molar-refractivity contribution in [3.8, 4) is 11.5 Å². The zero-order valence-corrected chi connectivity index (χ0v) is 28.7. The minimum atomic E-state index is -4.43. The molecule has 4 aromatic carbocycles. The van der Waals surface area contributed by atoms with Gasteiger partial charge in [0.1, 0.15) is 18.4 Å². The number of carbonyl (C=O) groups is 2. The first-order chi connectivity index (χ1) is 23.0. The molecule has 0 radical (unpaired) electrons. The number of ether oxygens (including phenoxy) is 2. The Hall–Kier alpha value is -4.90. The van der Waals surface area contributed by atoms with E-state index in [0.717, 1.165) is 33.1 Å². The lowest BCUT2D eigenvalue weighted by molar-refractivity contribution is -0.140. The number of methoxy groups -OCH3 is 2. The fourth-order valence-electron chi connectivity index (χ4n) is 5.13. The summed E-state index contributed by atoms with van der Waals surface area (Å²) >= 11 is 0. The van der Waals surface area contributed by atoms with Crippen molar-refractivity contribution in [2.45, 2.75) is 57.1 Å². The van der Waals surface area contributed by atoms with Gasteiger partial charge in [0.15, 0.2) is 11.5 Å². The highest BCUT2D eigenvalue weighted by Crippen LogP contribution is 2.32. The maximum atomic E-state index is 14.6. The lowest BCUT2D eigenvalue weighted by Gasteiger charge is -2.34. The highest BCUT2D eigenvalue weighted by Gasteiger charge is 2.35. The number of halogens is 1. The Kier molecular flexibility index (Phi) is 12.2. The molecule has 0 aliphatic carbocycles. The summed E-state index contributed by atoms with van der Waals surface area (Å²) in [5.41, 5.74) is 2.69. The summed E-state index contributed by atoms with van der Waals surface area (Å²) < 4.78 is 54.2. The van der Waals surface area contributed by atoms with Crippen molar-refractivity contribution in [2.75, 3.05) is 25.1 Å². The summed E-state index contributed by atoms with van der Waals surface area (Å²) in [6, 6.07) is 24.7. The minimum Gasteiger partial charge on any atom is -0.493 e. The fraction of sp³-hybridized carbons (Fsp3) is 0.297. The van der Waals surface area contributed by atoms with Crippen molar-refractivity contribution in [2.24, 2.45) is 0 Å². The number of nitrogens with zero attached hydrogens (tertiary/aromatic N) is 2. The van der Waals surface area contributed by atoms with Gasteiger partial charge < -0.3 is 19.7 Å². The van der Waals surface area contributed by atoms with E-state index >= 15 is 0 Å². The van der Waals surface area contributed by atoms with E-state index in [1.165, 1.54) is 49.5 Å². The van der Waals surface area contributed by atoms with Crippen LogP contribution < -0.4 is 19.1 Å². The third-order valence-corrected chi connectivity index (χ3v) is 9.85. The highest BCUT2D eigenvalue weighted by molar-refractivity contribution is 7.92. The van der Waals surface area contributed by atoms with Gasteiger partial charge in [0.2, 0.25) is 11.8 Å². The molecule has 254 valence electrons. The number of nitrogens with one attached hydrogen (secondary N) is 1. The first-order valence-corrected chi connectivity index (χ1v) is 17.1. The van der Waals surface area contributed by atoms with Crippen molar-refractivity contribution in [3.05, 3.63) is 120 Å². The van der Waals surface area contributed by atoms with Crippen LogP contribution in [-0.4, -0.2) is 58.0 Å². The summed E-state index contributed by atoms with van der Waals surface area (Å²) in [6.45, 7) is 5.15. The normalized spacial score (nSPS) is 12.5. The molecule has 2 atom stereocenters. The zero-order valence-electron chi connectivity index (χ0n) is 27.9. The second-order valence-corrected chi connectivity index (χ2v) is 13.4. The van der Waals surface area contributed by atoms with E-state index in [-0.39, 0.29) is 41.2 Å². The molecule has 4 rings (SSSR count). The van der Waals surface area contributed by atoms with Gasteiger partial charge in [0.25, 0.3) is 10.0 Å². The maximum Gasteiger partial charge on any atom is 0.264 e. The summed E-state index contributed by atoms with van der Waals surface area (Å²) in [5, 5.41) is 3.02. The average molecular weight is 676 g/mol. The molecule has 0 heterocycles. The Balaban J connectivity index is 1.82. The first kappa shape index (κ1) is 35.9. The topological polar surface area (TPSA) is 105 Å². The Labute approximate surface area is 282 Å². The Morgan fingerprint density at radius 3 is 2.10 bits per heavy atom. The molecule has 0 saturated heterocycles. The van der Waals surface area contributed by atoms with E-state index in [4.69, 9.17) is 9.47 Å². The van der Waals surface area contributed by atoms with Gasteiger partial charge in [-0.3, -0.25) is 13.9 Å². The van der Waals surface area contributed by atoms with Gasteiger partial charge in [-0.15, -0.1) is 0 Å². The molecule has 0 aliphatic heterocycles. The van der Waals surface area contributed by atoms with Gasteiger partial charge >= 0.3 is 0 Å². The van der Waals surface area contributed by atoms with E-state index in [0.29, 0.717) is 12.2 Å². The van der Waals surface area contributed by atoms with Crippen molar-refractivity contribution in [3.63, 3.8) is 0 Å². The predicted octanol–water partition coefficient (Wildman–Crippen LogP) is 5.90. The van der Waals surface area contributed by atoms with Crippen LogP contribution in [0, 0.1) is 12.7 Å². The summed E-state index contributed by atoms with van der Waals surface area (Å²) in [4.78, 5) is 29.8. The summed E-state index contributed by atoms with van der Waals surface area (Å²) in [6.07, 6.45) is 0.872. The highest BCUT2D eigenvalue weighted by atomic mass is 32.2. The maximum absolute atomic E-state index is 14.6. The molecule has 0 fully saturated rings. The zero-order chi connectivity index (χ0) is 34.8. The molecule has 2 amide bonds. The SMILES string of the molecule is CC[C@@H](C)NC(=O)[C@@H](Cc1ccccc1)N(Cc1ccc(C)cc1)C(=O)CN(c1ccc(F)cc1)S(=O)(=O)c1ccc(OC)c(OC)c1. The van der Waals surface area contributed by atoms with E-state index in [1.807, 2.05) is 75.4 Å². The monoisotopic (exact) mass is 675 g/mol. The smallest absolute Gasteiger partial charge is 0.264 e. The lowest BCUT2D eigenvalue weighted by Crippen LogP contribution is -2.54. The van der Waals surface area contributed by atoms with Crippen molar-refractivity contribution in [1.29, 1.82) is 0 Å². The van der Waals surface area contributed by atoms with Crippen LogP contribution in [0.1, 0.15) is 37.0 Å². The van der Waals surface area contributed by atoms with E-state index < -0.39 is 34.3 Å². The lowest BCUT2D eigenvalue weighted by atomic mass is 10.0. The van der Waals surface area contributed by atoms with Crippen molar-refractivity contribution in [1.82, 2.24) is 10.2 Å². The van der Waals surface area contributed by atoms with Crippen LogP contribution in [0.4, 0.5) is 10.1 Å². The summed E-state index contributed by atoms with van der Waals surface area (Å²) in [5.74, 6) is -1.05. The number of sulfonamides is 1. The van der Waals surface area contributed by atoms with Gasteiger partial charge in [-0.05, 0) is 67.8 Å². The molecule has 1 N–H and O–H groups in total. The van der Waals surface area contributed by atoms with Gasteiger partial charge in [-0.2, -0.15) is 0 Å². The number of hydrogen-bond acceptors (Lipinski definition) is 6. The molecule has 0 bridgehead atoms. The second-order valence-electron chi connectivity index (χ2n) is 11.5. The van der Waals surface area contributed by atoms with E-state index in [1.54, 1.807) is 0 Å². The van der Waals surface area contributed by atoms with Gasteiger partial charge in [-0.1, -0.05) is 67.1 Å². The molecular weight excluding hydrogens is 633 g/mol. The molecule has 0 aromatic heterocycles. The van der Waals surface area contributed by atoms with Crippen LogP contribution in [0.25, 0.3) is 0 Å². The molecule has 0 aliphatic rings. The number of anilines is 1. The van der Waals surface area contributed by atoms with Crippen molar-refractivity contribution < 1.29 is 31.9 Å². The van der Waals surface area contributed by atoms with E-state index in [2.05, 4.69) is 5.32 Å². The Bertz CT molecular complexity index is 1780. The number of hydrogen-bond donors (Lipinski definition) is 1. The van der Waals surface area contributed by atoms with Crippen LogP contribution in [0.3, 0.4) is 0 Å². The van der Waals surface area contributed by atoms with Crippen LogP contribution in [0.2, 0.25) is 0 Å². The van der Waals surface area contributed by atoms with Crippen LogP contribution in [0.5, 0.6) is 11.5 Å². The molecule has 9 nitrogen and oxygen atoms in total. The third kappa shape index (κ3) is 8.92. The number of benzene rings is 4. The molecule has 11 heteroatoms. The van der Waals surface area contributed by atoms with Crippen LogP contribution >= 0.6 is 0 Å². The average Bonchev–Trinajstić information content (AvgIpc) is 3.09. The fourth-order valence-corrected chi connectivity index (χ4v) is 6.56. The quantitative estimate of drug-likeness (QED) is 0.168. The van der Waals surface area contributed by atoms with Crippen LogP contribution in [0.15, 0.2) is 102 Å². The number of amides is 2. The van der Waals surface area contributed by atoms with Gasteiger partial charge in [-0.25, -0.2) is 12.8 Å². The molecular formula is C37H42FN3O6S. The minimum absolute atomic E-state index is 0.0399. The predicted molar refractivity (Wildman–Crippen MR) is 184 cm³/mol. The van der Waals surface area contributed by atoms with Gasteiger partial charge in [0.05, 0.1) is 24.8 Å². The molecule has 48 heavy (non-hydrogen) atoms. The second kappa shape index (κ2) is 16.3. The first-order valence-electron chi connectivity index (χ1n) is 15.7. The number of carbonyl (C=O) groups excluding carboxylic acids is 2. The third-order valence-electron chi connectivity index (χ3n) is 8.08. The van der Waals surface area contributed by atoms with Gasteiger partial charge in [0, 0.05) is 25.1 Å². The molecule has 4 aromatic rings.